The van der Waals surface area contributed by atoms with E-state index in [0.29, 0.717) is 0 Å². The fourth-order valence-electron chi connectivity index (χ4n) is 6.31. The van der Waals surface area contributed by atoms with E-state index >= 15 is 0 Å². The first-order valence-corrected chi connectivity index (χ1v) is 18.4. The third kappa shape index (κ3) is 17.0. The average Bonchev–Trinajstić information content (AvgIpc) is 3.14. The molecule has 26 heteroatoms. The minimum atomic E-state index is -1.38. The molecule has 12 N–H and O–H groups in total. The summed E-state index contributed by atoms with van der Waals surface area (Å²) in [6, 6.07) is -2.31. The van der Waals surface area contributed by atoms with E-state index in [1.54, 1.807) is 18.7 Å². The minimum absolute atomic E-state index is 0.00659. The molecule has 0 aromatic heterocycles. The Morgan fingerprint density at radius 1 is 0.448 bits per heavy atom. The molecule has 6 amide bonds. The fourth-order valence-corrected chi connectivity index (χ4v) is 6.31. The summed E-state index contributed by atoms with van der Waals surface area (Å²) >= 11 is 0. The molecule has 2 heterocycles. The van der Waals surface area contributed by atoms with Crippen LogP contribution >= 0.6 is 0 Å². The summed E-state index contributed by atoms with van der Waals surface area (Å²) < 4.78 is 0. The monoisotopic (exact) mass is 844 g/mol. The van der Waals surface area contributed by atoms with E-state index in [2.05, 4.69) is 0 Å². The molecule has 58 heavy (non-hydrogen) atoms. The van der Waals surface area contributed by atoms with E-state index in [9.17, 15) is 84.9 Å². The Kier molecular flexibility index (Phi) is 22.7. The number of hydrogen-bond donors (Lipinski definition) is 12. The maximum atomic E-state index is 11.7. The molecular formula is C32H60N8O18. The Morgan fingerprint density at radius 2 is 0.793 bits per heavy atom. The molecule has 336 valence electrons. The van der Waals surface area contributed by atoms with Crippen LogP contribution in [0, 0.1) is 0 Å². The van der Waals surface area contributed by atoms with Crippen molar-refractivity contribution in [1.82, 2.24) is 39.2 Å². The highest BCUT2D eigenvalue weighted by atomic mass is 16.4. The summed E-state index contributed by atoms with van der Waals surface area (Å²) in [5, 5.41) is 114. The topological polar surface area (TPSA) is 371 Å². The first-order chi connectivity index (χ1) is 27.2. The van der Waals surface area contributed by atoms with Gasteiger partial charge in [0.15, 0.2) is 0 Å². The number of nitrogens with zero attached hydrogens (tertiary/aromatic N) is 8. The van der Waals surface area contributed by atoms with E-state index < -0.39 is 92.8 Å². The van der Waals surface area contributed by atoms with Gasteiger partial charge in [-0.25, -0.2) is 28.8 Å². The highest BCUT2D eigenvalue weighted by molar-refractivity contribution is 5.68. The van der Waals surface area contributed by atoms with Crippen LogP contribution in [-0.4, -0.2) is 291 Å². The predicted octanol–water partition coefficient (Wildman–Crippen LogP) is -3.31. The second-order valence-electron chi connectivity index (χ2n) is 13.8. The van der Waals surface area contributed by atoms with Crippen molar-refractivity contribution >= 4 is 36.6 Å². The van der Waals surface area contributed by atoms with Crippen molar-refractivity contribution in [2.75, 3.05) is 118 Å². The highest BCUT2D eigenvalue weighted by Crippen LogP contribution is 2.12. The number of aliphatic hydroxyl groups excluding tert-OH is 6. The predicted molar refractivity (Wildman–Crippen MR) is 198 cm³/mol. The van der Waals surface area contributed by atoms with E-state index in [0.717, 1.165) is 29.4 Å². The van der Waals surface area contributed by atoms with Gasteiger partial charge in [-0.1, -0.05) is 0 Å². The molecule has 0 aromatic rings. The Bertz CT molecular complexity index is 1320. The van der Waals surface area contributed by atoms with Gasteiger partial charge in [-0.05, 0) is 13.8 Å². The van der Waals surface area contributed by atoms with Crippen molar-refractivity contribution in [3.63, 3.8) is 0 Å². The zero-order chi connectivity index (χ0) is 44.3. The molecule has 26 nitrogen and oxygen atoms in total. The molecule has 2 rings (SSSR count). The lowest BCUT2D eigenvalue weighted by Crippen LogP contribution is -2.56. The van der Waals surface area contributed by atoms with Gasteiger partial charge in [-0.3, -0.25) is 9.80 Å². The number of rotatable bonds is 8. The number of carbonyl (C=O) groups is 6. The molecule has 6 unspecified atom stereocenters. The van der Waals surface area contributed by atoms with Crippen LogP contribution in [0.1, 0.15) is 13.8 Å². The van der Waals surface area contributed by atoms with Crippen molar-refractivity contribution in [1.29, 1.82) is 0 Å². The first kappa shape index (κ1) is 51.3. The highest BCUT2D eigenvalue weighted by Gasteiger charge is 2.31. The lowest BCUT2D eigenvalue weighted by molar-refractivity contribution is -0.0314. The normalized spacial score (nSPS) is 22.3. The van der Waals surface area contributed by atoms with Crippen LogP contribution in [0.5, 0.6) is 0 Å². The van der Waals surface area contributed by atoms with Gasteiger partial charge in [-0.2, -0.15) is 0 Å². The summed E-state index contributed by atoms with van der Waals surface area (Å²) in [6.07, 6.45) is -11.5. The molecule has 2 aliphatic rings. The maximum Gasteiger partial charge on any atom is 0.407 e. The van der Waals surface area contributed by atoms with Crippen LogP contribution in [0.25, 0.3) is 0 Å². The Hall–Kier alpha value is -4.70. The number of amides is 6. The van der Waals surface area contributed by atoms with Gasteiger partial charge < -0.3 is 90.7 Å². The first-order valence-electron chi connectivity index (χ1n) is 18.4. The van der Waals surface area contributed by atoms with Crippen molar-refractivity contribution in [2.45, 2.75) is 50.3 Å². The van der Waals surface area contributed by atoms with Gasteiger partial charge in [-0.15, -0.1) is 0 Å². The van der Waals surface area contributed by atoms with Crippen LogP contribution < -0.4 is 0 Å². The summed E-state index contributed by atoms with van der Waals surface area (Å²) in [5.74, 6) is 0. The van der Waals surface area contributed by atoms with E-state index in [-0.39, 0.29) is 98.2 Å². The Labute approximate surface area is 334 Å². The number of carboxylic acid groups (broad SMARTS) is 6. The second kappa shape index (κ2) is 25.6. The molecule has 0 aliphatic carbocycles. The second-order valence-corrected chi connectivity index (χ2v) is 13.8. The summed E-state index contributed by atoms with van der Waals surface area (Å²) in [6.45, 7) is 0.633. The molecule has 0 radical (unpaired) electrons. The van der Waals surface area contributed by atoms with Crippen molar-refractivity contribution in [3.05, 3.63) is 0 Å². The Balaban J connectivity index is 0.000000580. The molecule has 0 saturated carbocycles. The van der Waals surface area contributed by atoms with Crippen molar-refractivity contribution in [2.24, 2.45) is 0 Å². The zero-order valence-electron chi connectivity index (χ0n) is 32.6. The van der Waals surface area contributed by atoms with Crippen LogP contribution in [0.3, 0.4) is 0 Å². The number of hydrogen-bond acceptors (Lipinski definition) is 14. The van der Waals surface area contributed by atoms with Crippen LogP contribution in [0.2, 0.25) is 0 Å². The average molecular weight is 845 g/mol. The smallest absolute Gasteiger partial charge is 0.407 e. The fraction of sp³-hybridized carbons (Fsp3) is 0.812. The molecule has 2 aliphatic heterocycles. The van der Waals surface area contributed by atoms with Crippen LogP contribution in [-0.2, 0) is 0 Å². The van der Waals surface area contributed by atoms with E-state index in [1.807, 2.05) is 0 Å². The zero-order valence-corrected chi connectivity index (χ0v) is 32.6. The molecule has 2 saturated heterocycles. The SMILES string of the molecule is CC1CN(C(=O)O)CCN(C(=O)O)CCN(C(CO)C(O)CO)CCN1C(=O)O.CC1CN(C(=O)O)CCN(C(=O)O)CCN(CC(O)C(O)CO)CCN1C(=O)O. The van der Waals surface area contributed by atoms with Crippen LogP contribution in [0.4, 0.5) is 28.8 Å². The van der Waals surface area contributed by atoms with Crippen molar-refractivity contribution < 1.29 is 90.0 Å². The number of β-amino-alcohol motifs (C(OH)–C–C–N with tert-alkyl or cyclic N) is 1. The van der Waals surface area contributed by atoms with Gasteiger partial charge >= 0.3 is 36.6 Å². The lowest BCUT2D eigenvalue weighted by atomic mass is 10.1. The summed E-state index contributed by atoms with van der Waals surface area (Å²) in [7, 11) is 0. The number of aliphatic hydroxyl groups is 6. The molecule has 6 atom stereocenters. The van der Waals surface area contributed by atoms with Gasteiger partial charge in [0.2, 0.25) is 0 Å². The molecule has 2 fully saturated rings. The van der Waals surface area contributed by atoms with E-state index in [4.69, 9.17) is 5.11 Å². The minimum Gasteiger partial charge on any atom is -0.465 e. The quantitative estimate of drug-likeness (QED) is 0.114. The van der Waals surface area contributed by atoms with Gasteiger partial charge in [0, 0.05) is 110 Å². The third-order valence-electron chi connectivity index (χ3n) is 9.88. The van der Waals surface area contributed by atoms with Gasteiger partial charge in [0.25, 0.3) is 0 Å². The standard InChI is InChI=1S/2C16H30N4O9/c1-11-8-19(15(26)27)6-5-18(14(24)25)4-2-17(3-7-20(11)16(28)29)9-12(22)13(23)10-21;1-11-8-19(15(26)27)5-4-18(14(24)25)3-2-17(6-7-20(11)16(28)29)12(9-21)13(23)10-22/h2*11-13,21-23H,2-10H2,1H3,(H,24,25)(H,26,27)(H,28,29). The molecule has 0 bridgehead atoms. The largest absolute Gasteiger partial charge is 0.465 e. The maximum absolute atomic E-state index is 11.7. The molecule has 0 spiro atoms. The molecule has 0 aromatic carbocycles. The van der Waals surface area contributed by atoms with E-state index in [1.165, 1.54) is 4.90 Å². The van der Waals surface area contributed by atoms with Crippen LogP contribution in [0.15, 0.2) is 0 Å². The van der Waals surface area contributed by atoms with Gasteiger partial charge in [0.1, 0.15) is 6.10 Å². The third-order valence-corrected chi connectivity index (χ3v) is 9.88. The Morgan fingerprint density at radius 3 is 1.17 bits per heavy atom. The summed E-state index contributed by atoms with van der Waals surface area (Å²) in [5.41, 5.74) is 0. The van der Waals surface area contributed by atoms with Gasteiger partial charge in [0.05, 0.1) is 38.1 Å². The lowest BCUT2D eigenvalue weighted by Gasteiger charge is -2.38. The summed E-state index contributed by atoms with van der Waals surface area (Å²) in [4.78, 5) is 78.4. The molecular weight excluding hydrogens is 784 g/mol. The van der Waals surface area contributed by atoms with Crippen molar-refractivity contribution in [3.8, 4) is 0 Å².